The summed E-state index contributed by atoms with van der Waals surface area (Å²) in [7, 11) is 0. The summed E-state index contributed by atoms with van der Waals surface area (Å²) in [5.74, 6) is -0.853. The average molecular weight is 272 g/mol. The highest BCUT2D eigenvalue weighted by atomic mass is 19.1. The van der Waals surface area contributed by atoms with Gasteiger partial charge in [-0.15, -0.1) is 0 Å². The Morgan fingerprint density at radius 3 is 2.65 bits per heavy atom. The van der Waals surface area contributed by atoms with Gasteiger partial charge in [0.15, 0.2) is 0 Å². The van der Waals surface area contributed by atoms with Gasteiger partial charge in [-0.3, -0.25) is 4.79 Å². The largest absolute Gasteiger partial charge is 0.322 e. The minimum Gasteiger partial charge on any atom is -0.322 e. The van der Waals surface area contributed by atoms with Crippen molar-refractivity contribution in [2.75, 3.05) is 5.32 Å². The van der Waals surface area contributed by atoms with Crippen LogP contribution in [0.5, 0.6) is 0 Å². The second kappa shape index (κ2) is 6.30. The van der Waals surface area contributed by atoms with Crippen LogP contribution in [0.25, 0.3) is 0 Å². The Hall–Kier alpha value is -2.20. The van der Waals surface area contributed by atoms with Crippen molar-refractivity contribution in [3.63, 3.8) is 0 Å². The van der Waals surface area contributed by atoms with Crippen LogP contribution < -0.4 is 11.1 Å². The molecule has 3 N–H and O–H groups in total. The van der Waals surface area contributed by atoms with Gasteiger partial charge in [0, 0.05) is 0 Å². The van der Waals surface area contributed by atoms with Crippen LogP contribution in [-0.2, 0) is 11.2 Å². The van der Waals surface area contributed by atoms with Crippen LogP contribution in [-0.4, -0.2) is 11.9 Å². The van der Waals surface area contributed by atoms with Crippen LogP contribution in [0.3, 0.4) is 0 Å². The highest BCUT2D eigenvalue weighted by Gasteiger charge is 2.15. The molecule has 2 aromatic rings. The number of amides is 1. The minimum atomic E-state index is -0.711. The van der Waals surface area contributed by atoms with Gasteiger partial charge >= 0.3 is 0 Å². The van der Waals surface area contributed by atoms with Gasteiger partial charge in [-0.2, -0.15) is 0 Å². The van der Waals surface area contributed by atoms with E-state index >= 15 is 0 Å². The Bertz CT molecular complexity index is 599. The number of benzene rings is 2. The van der Waals surface area contributed by atoms with Crippen molar-refractivity contribution in [1.82, 2.24) is 0 Å². The van der Waals surface area contributed by atoms with Crippen LogP contribution in [0.15, 0.2) is 48.5 Å². The maximum Gasteiger partial charge on any atom is 0.241 e. The summed E-state index contributed by atoms with van der Waals surface area (Å²) in [5, 5.41) is 2.53. The molecule has 104 valence electrons. The molecular weight excluding hydrogens is 255 g/mol. The van der Waals surface area contributed by atoms with Gasteiger partial charge in [0.05, 0.1) is 11.7 Å². The first-order valence-corrected chi connectivity index (χ1v) is 6.43. The van der Waals surface area contributed by atoms with Crippen LogP contribution >= 0.6 is 0 Å². The molecule has 0 fully saturated rings. The fourth-order valence-corrected chi connectivity index (χ4v) is 1.92. The predicted molar refractivity (Wildman–Crippen MR) is 77.9 cm³/mol. The molecule has 0 aliphatic carbocycles. The van der Waals surface area contributed by atoms with Crippen molar-refractivity contribution in [3.8, 4) is 0 Å². The van der Waals surface area contributed by atoms with Crippen molar-refractivity contribution in [1.29, 1.82) is 0 Å². The predicted octanol–water partition coefficient (Wildman–Crippen LogP) is 2.64. The number of hydrogen-bond acceptors (Lipinski definition) is 2. The standard InChI is InChI=1S/C16H17FN2O/c1-11-7-8-13(17)15(9-11)19-16(20)14(18)10-12-5-3-2-4-6-12/h2-9,14H,10,18H2,1H3,(H,19,20)/t14-/m1/s1. The lowest BCUT2D eigenvalue weighted by Crippen LogP contribution is -2.37. The summed E-state index contributed by atoms with van der Waals surface area (Å²) in [4.78, 5) is 12.0. The van der Waals surface area contributed by atoms with Crippen molar-refractivity contribution < 1.29 is 9.18 Å². The molecule has 2 aromatic carbocycles. The summed E-state index contributed by atoms with van der Waals surface area (Å²) in [6.07, 6.45) is 0.417. The first kappa shape index (κ1) is 14.2. The molecule has 0 unspecified atom stereocenters. The second-order valence-electron chi connectivity index (χ2n) is 4.77. The third kappa shape index (κ3) is 3.65. The molecule has 1 amide bonds. The van der Waals surface area contributed by atoms with Crippen LogP contribution in [0.2, 0.25) is 0 Å². The summed E-state index contributed by atoms with van der Waals surface area (Å²) in [5.41, 5.74) is 7.86. The molecule has 0 aliphatic rings. The van der Waals surface area contributed by atoms with Gasteiger partial charge in [-0.25, -0.2) is 4.39 Å². The average Bonchev–Trinajstić information content (AvgIpc) is 2.44. The molecule has 4 heteroatoms. The van der Waals surface area contributed by atoms with E-state index in [1.54, 1.807) is 12.1 Å². The molecule has 20 heavy (non-hydrogen) atoms. The first-order chi connectivity index (χ1) is 9.56. The van der Waals surface area contributed by atoms with Gasteiger partial charge in [-0.05, 0) is 36.6 Å². The van der Waals surface area contributed by atoms with Crippen molar-refractivity contribution in [3.05, 3.63) is 65.5 Å². The molecule has 0 bridgehead atoms. The Labute approximate surface area is 117 Å². The number of nitrogens with two attached hydrogens (primary N) is 1. The van der Waals surface area contributed by atoms with E-state index in [9.17, 15) is 9.18 Å². The third-order valence-electron chi connectivity index (χ3n) is 3.01. The second-order valence-corrected chi connectivity index (χ2v) is 4.77. The Balaban J connectivity index is 2.02. The smallest absolute Gasteiger partial charge is 0.241 e. The van der Waals surface area contributed by atoms with Crippen LogP contribution in [0.4, 0.5) is 10.1 Å². The molecule has 0 aliphatic heterocycles. The number of halogens is 1. The lowest BCUT2D eigenvalue weighted by Gasteiger charge is -2.13. The topological polar surface area (TPSA) is 55.1 Å². The van der Waals surface area contributed by atoms with E-state index < -0.39 is 17.8 Å². The SMILES string of the molecule is Cc1ccc(F)c(NC(=O)[C@H](N)Cc2ccccc2)c1. The summed E-state index contributed by atoms with van der Waals surface area (Å²) < 4.78 is 13.6. The van der Waals surface area contributed by atoms with Crippen LogP contribution in [0.1, 0.15) is 11.1 Å². The number of nitrogens with one attached hydrogen (secondary N) is 1. The quantitative estimate of drug-likeness (QED) is 0.899. The van der Waals surface area contributed by atoms with Gasteiger partial charge in [0.25, 0.3) is 0 Å². The summed E-state index contributed by atoms with van der Waals surface area (Å²) >= 11 is 0. The normalized spacial score (nSPS) is 11.9. The molecule has 1 atom stereocenters. The molecule has 0 saturated carbocycles. The number of aryl methyl sites for hydroxylation is 1. The number of carbonyl (C=O) groups excluding carboxylic acids is 1. The maximum absolute atomic E-state index is 13.6. The zero-order valence-corrected chi connectivity index (χ0v) is 11.3. The molecular formula is C16H17FN2O. The summed E-state index contributed by atoms with van der Waals surface area (Å²) in [6.45, 7) is 1.83. The molecule has 3 nitrogen and oxygen atoms in total. The number of anilines is 1. The van der Waals surface area contributed by atoms with Gasteiger partial charge in [0.1, 0.15) is 5.82 Å². The van der Waals surface area contributed by atoms with Crippen molar-refractivity contribution >= 4 is 11.6 Å². The van der Waals surface area contributed by atoms with Crippen molar-refractivity contribution in [2.45, 2.75) is 19.4 Å². The summed E-state index contributed by atoms with van der Waals surface area (Å²) in [6, 6.07) is 13.3. The lowest BCUT2D eigenvalue weighted by atomic mass is 10.1. The van der Waals surface area contributed by atoms with E-state index in [1.165, 1.54) is 6.07 Å². The third-order valence-corrected chi connectivity index (χ3v) is 3.01. The van der Waals surface area contributed by atoms with Gasteiger partial charge in [-0.1, -0.05) is 36.4 Å². The highest BCUT2D eigenvalue weighted by Crippen LogP contribution is 2.16. The monoisotopic (exact) mass is 272 g/mol. The molecule has 0 heterocycles. The number of carbonyl (C=O) groups is 1. The highest BCUT2D eigenvalue weighted by molar-refractivity contribution is 5.95. The Kier molecular flexibility index (Phi) is 4.48. The Morgan fingerprint density at radius 2 is 1.95 bits per heavy atom. The molecule has 2 rings (SSSR count). The van der Waals surface area contributed by atoms with E-state index in [0.29, 0.717) is 6.42 Å². The zero-order chi connectivity index (χ0) is 14.5. The maximum atomic E-state index is 13.6. The lowest BCUT2D eigenvalue weighted by molar-refractivity contribution is -0.117. The van der Waals surface area contributed by atoms with E-state index in [0.717, 1.165) is 11.1 Å². The number of hydrogen-bond donors (Lipinski definition) is 2. The molecule has 0 aromatic heterocycles. The zero-order valence-electron chi connectivity index (χ0n) is 11.3. The van der Waals surface area contributed by atoms with Crippen molar-refractivity contribution in [2.24, 2.45) is 5.73 Å². The first-order valence-electron chi connectivity index (χ1n) is 6.43. The molecule has 0 radical (unpaired) electrons. The van der Waals surface area contributed by atoms with Crippen LogP contribution in [0, 0.1) is 12.7 Å². The fourth-order valence-electron chi connectivity index (χ4n) is 1.92. The molecule has 0 saturated heterocycles. The van der Waals surface area contributed by atoms with Gasteiger partial charge < -0.3 is 11.1 Å². The number of rotatable bonds is 4. The minimum absolute atomic E-state index is 0.165. The van der Waals surface area contributed by atoms with E-state index in [1.807, 2.05) is 37.3 Å². The molecule has 0 spiro atoms. The fraction of sp³-hybridized carbons (Fsp3) is 0.188. The van der Waals surface area contributed by atoms with E-state index in [2.05, 4.69) is 5.32 Å². The van der Waals surface area contributed by atoms with E-state index in [-0.39, 0.29) is 5.69 Å². The Morgan fingerprint density at radius 1 is 1.25 bits per heavy atom. The van der Waals surface area contributed by atoms with E-state index in [4.69, 9.17) is 5.73 Å². The van der Waals surface area contributed by atoms with Gasteiger partial charge in [0.2, 0.25) is 5.91 Å².